The predicted octanol–water partition coefficient (Wildman–Crippen LogP) is 1.80. The van der Waals surface area contributed by atoms with Crippen LogP contribution in [0.25, 0.3) is 0 Å². The maximum atomic E-state index is 11.7. The lowest BCUT2D eigenvalue weighted by Crippen LogP contribution is -2.38. The Morgan fingerprint density at radius 2 is 2.22 bits per heavy atom. The van der Waals surface area contributed by atoms with Gasteiger partial charge in [0.15, 0.2) is 5.78 Å². The summed E-state index contributed by atoms with van der Waals surface area (Å²) in [5.74, 6) is -0.0248. The molecule has 18 heavy (non-hydrogen) atoms. The molecule has 96 valence electrons. The zero-order chi connectivity index (χ0) is 13.0. The van der Waals surface area contributed by atoms with Crippen molar-refractivity contribution in [3.63, 3.8) is 0 Å². The zero-order valence-corrected chi connectivity index (χ0v) is 10.2. The third kappa shape index (κ3) is 3.30. The number of Topliss-reactive ketones (excluding diaryl/α,β-unsaturated/α-hetero) is 1. The number of rotatable bonds is 3. The summed E-state index contributed by atoms with van der Waals surface area (Å²) in [6.07, 6.45) is 0.834. The minimum absolute atomic E-state index is 0.0248. The molecule has 1 atom stereocenters. The van der Waals surface area contributed by atoms with Gasteiger partial charge in [0.2, 0.25) is 0 Å². The maximum absolute atomic E-state index is 11.7. The van der Waals surface area contributed by atoms with Crippen molar-refractivity contribution in [1.82, 2.24) is 5.32 Å². The Morgan fingerprint density at radius 3 is 2.89 bits per heavy atom. The van der Waals surface area contributed by atoms with E-state index in [0.717, 1.165) is 6.42 Å². The molecular formula is C13H16N2O3. The summed E-state index contributed by atoms with van der Waals surface area (Å²) < 4.78 is 5.17. The van der Waals surface area contributed by atoms with E-state index in [4.69, 9.17) is 4.74 Å². The number of amides is 2. The van der Waals surface area contributed by atoms with Gasteiger partial charge in [-0.3, -0.25) is 4.79 Å². The van der Waals surface area contributed by atoms with Gasteiger partial charge in [-0.15, -0.1) is 0 Å². The Balaban J connectivity index is 1.93. The molecule has 5 nitrogen and oxygen atoms in total. The molecule has 0 radical (unpaired) electrons. The van der Waals surface area contributed by atoms with Crippen LogP contribution in [0.5, 0.6) is 0 Å². The summed E-state index contributed by atoms with van der Waals surface area (Å²) in [5.41, 5.74) is 1.19. The molecule has 1 unspecified atom stereocenters. The van der Waals surface area contributed by atoms with Crippen molar-refractivity contribution in [2.75, 3.05) is 18.5 Å². The summed E-state index contributed by atoms with van der Waals surface area (Å²) in [6.45, 7) is 2.74. The molecule has 1 aromatic carbocycles. The Hall–Kier alpha value is -1.88. The van der Waals surface area contributed by atoms with Crippen LogP contribution in [0.1, 0.15) is 23.7 Å². The summed E-state index contributed by atoms with van der Waals surface area (Å²) in [7, 11) is 0. The van der Waals surface area contributed by atoms with Crippen molar-refractivity contribution in [2.24, 2.45) is 0 Å². The third-order valence-electron chi connectivity index (χ3n) is 2.79. The van der Waals surface area contributed by atoms with E-state index < -0.39 is 0 Å². The van der Waals surface area contributed by atoms with Gasteiger partial charge in [-0.25, -0.2) is 4.79 Å². The SMILES string of the molecule is CC(=O)c1cccc(NC(=O)NC2CCOC2)c1. The molecule has 1 fully saturated rings. The molecule has 0 aliphatic carbocycles. The van der Waals surface area contributed by atoms with Gasteiger partial charge < -0.3 is 15.4 Å². The Kier molecular flexibility index (Phi) is 3.94. The standard InChI is InChI=1S/C13H16N2O3/c1-9(16)10-3-2-4-11(7-10)14-13(17)15-12-5-6-18-8-12/h2-4,7,12H,5-6,8H2,1H3,(H2,14,15,17). The quantitative estimate of drug-likeness (QED) is 0.801. The van der Waals surface area contributed by atoms with Crippen molar-refractivity contribution < 1.29 is 14.3 Å². The molecule has 0 spiro atoms. The molecule has 2 amide bonds. The van der Waals surface area contributed by atoms with E-state index in [2.05, 4.69) is 10.6 Å². The molecule has 0 saturated carbocycles. The van der Waals surface area contributed by atoms with Gasteiger partial charge in [0, 0.05) is 17.9 Å². The number of urea groups is 1. The van der Waals surface area contributed by atoms with Crippen molar-refractivity contribution >= 4 is 17.5 Å². The van der Waals surface area contributed by atoms with Gasteiger partial charge in [0.05, 0.1) is 12.6 Å². The van der Waals surface area contributed by atoms with E-state index in [9.17, 15) is 9.59 Å². The topological polar surface area (TPSA) is 67.4 Å². The molecule has 1 saturated heterocycles. The maximum Gasteiger partial charge on any atom is 0.319 e. The lowest BCUT2D eigenvalue weighted by atomic mass is 10.1. The van der Waals surface area contributed by atoms with Crippen LogP contribution < -0.4 is 10.6 Å². The van der Waals surface area contributed by atoms with Crippen molar-refractivity contribution in [1.29, 1.82) is 0 Å². The number of nitrogens with one attached hydrogen (secondary N) is 2. The summed E-state index contributed by atoms with van der Waals surface area (Å²) in [4.78, 5) is 22.9. The highest BCUT2D eigenvalue weighted by atomic mass is 16.5. The number of ketones is 1. The van der Waals surface area contributed by atoms with Crippen LogP contribution in [0.3, 0.4) is 0 Å². The highest BCUT2D eigenvalue weighted by molar-refractivity contribution is 5.96. The lowest BCUT2D eigenvalue weighted by molar-refractivity contribution is 0.101. The molecular weight excluding hydrogens is 232 g/mol. The van der Waals surface area contributed by atoms with Crippen LogP contribution in [0.4, 0.5) is 10.5 Å². The molecule has 1 aliphatic rings. The predicted molar refractivity (Wildman–Crippen MR) is 67.8 cm³/mol. The Bertz CT molecular complexity index is 453. The summed E-state index contributed by atoms with van der Waals surface area (Å²) in [6, 6.07) is 6.66. The largest absolute Gasteiger partial charge is 0.379 e. The highest BCUT2D eigenvalue weighted by Crippen LogP contribution is 2.11. The second-order valence-electron chi connectivity index (χ2n) is 4.30. The van der Waals surface area contributed by atoms with Gasteiger partial charge >= 0.3 is 6.03 Å². The van der Waals surface area contributed by atoms with E-state index in [1.807, 2.05) is 0 Å². The molecule has 0 bridgehead atoms. The van der Waals surface area contributed by atoms with Crippen molar-refractivity contribution in [2.45, 2.75) is 19.4 Å². The number of carbonyl (C=O) groups is 2. The first-order chi connectivity index (χ1) is 8.65. The van der Waals surface area contributed by atoms with Gasteiger partial charge in [-0.1, -0.05) is 12.1 Å². The van der Waals surface area contributed by atoms with Gasteiger partial charge in [0.1, 0.15) is 0 Å². The smallest absolute Gasteiger partial charge is 0.319 e. The van der Waals surface area contributed by atoms with E-state index in [1.165, 1.54) is 6.92 Å². The number of benzene rings is 1. The minimum Gasteiger partial charge on any atom is -0.379 e. The zero-order valence-electron chi connectivity index (χ0n) is 10.2. The number of hydrogen-bond acceptors (Lipinski definition) is 3. The first-order valence-electron chi connectivity index (χ1n) is 5.91. The van der Waals surface area contributed by atoms with Crippen LogP contribution in [-0.4, -0.2) is 31.1 Å². The average molecular weight is 248 g/mol. The third-order valence-corrected chi connectivity index (χ3v) is 2.79. The Morgan fingerprint density at radius 1 is 1.39 bits per heavy atom. The fourth-order valence-electron chi connectivity index (χ4n) is 1.82. The van der Waals surface area contributed by atoms with Crippen LogP contribution >= 0.6 is 0 Å². The lowest BCUT2D eigenvalue weighted by Gasteiger charge is -2.12. The number of anilines is 1. The van der Waals surface area contributed by atoms with Gasteiger partial charge in [0.25, 0.3) is 0 Å². The second-order valence-corrected chi connectivity index (χ2v) is 4.30. The summed E-state index contributed by atoms with van der Waals surface area (Å²) in [5, 5.41) is 5.52. The molecule has 2 N–H and O–H groups in total. The fraction of sp³-hybridized carbons (Fsp3) is 0.385. The van der Waals surface area contributed by atoms with E-state index in [1.54, 1.807) is 24.3 Å². The first-order valence-corrected chi connectivity index (χ1v) is 5.91. The van der Waals surface area contributed by atoms with Crippen LogP contribution in [0.2, 0.25) is 0 Å². The second kappa shape index (κ2) is 5.64. The van der Waals surface area contributed by atoms with Crippen LogP contribution in [-0.2, 0) is 4.74 Å². The molecule has 2 rings (SSSR count). The summed E-state index contributed by atoms with van der Waals surface area (Å²) >= 11 is 0. The van der Waals surface area contributed by atoms with Crippen LogP contribution in [0.15, 0.2) is 24.3 Å². The van der Waals surface area contributed by atoms with E-state index in [-0.39, 0.29) is 17.9 Å². The minimum atomic E-state index is -0.272. The number of ether oxygens (including phenoxy) is 1. The van der Waals surface area contributed by atoms with Gasteiger partial charge in [-0.2, -0.15) is 0 Å². The molecule has 0 aromatic heterocycles. The number of hydrogen-bond donors (Lipinski definition) is 2. The van der Waals surface area contributed by atoms with Crippen molar-refractivity contribution in [3.8, 4) is 0 Å². The normalized spacial score (nSPS) is 18.4. The van der Waals surface area contributed by atoms with E-state index >= 15 is 0 Å². The molecule has 1 aromatic rings. The number of carbonyl (C=O) groups excluding carboxylic acids is 2. The monoisotopic (exact) mass is 248 g/mol. The van der Waals surface area contributed by atoms with E-state index in [0.29, 0.717) is 24.5 Å². The average Bonchev–Trinajstić information content (AvgIpc) is 2.82. The molecule has 5 heteroatoms. The molecule has 1 heterocycles. The Labute approximate surface area is 106 Å². The van der Waals surface area contributed by atoms with Gasteiger partial charge in [-0.05, 0) is 25.5 Å². The molecule has 1 aliphatic heterocycles. The first kappa shape index (κ1) is 12.6. The van der Waals surface area contributed by atoms with Crippen molar-refractivity contribution in [3.05, 3.63) is 29.8 Å². The fourth-order valence-corrected chi connectivity index (χ4v) is 1.82. The highest BCUT2D eigenvalue weighted by Gasteiger charge is 2.17. The van der Waals surface area contributed by atoms with Crippen LogP contribution in [0, 0.1) is 0 Å².